The van der Waals surface area contributed by atoms with Gasteiger partial charge in [-0.1, -0.05) is 18.2 Å². The highest BCUT2D eigenvalue weighted by atomic mass is 32.2. The average molecular weight is 437 g/mol. The molecule has 0 aliphatic rings. The first-order valence-electron chi connectivity index (χ1n) is 7.98. The van der Waals surface area contributed by atoms with Gasteiger partial charge in [-0.15, -0.1) is 0 Å². The maximum absolute atomic E-state index is 12.5. The fourth-order valence-electron chi connectivity index (χ4n) is 2.76. The summed E-state index contributed by atoms with van der Waals surface area (Å²) in [7, 11) is -8.08. The van der Waals surface area contributed by atoms with Gasteiger partial charge in [-0.2, -0.15) is 16.8 Å². The van der Waals surface area contributed by atoms with Gasteiger partial charge >= 0.3 is 0 Å². The van der Waals surface area contributed by atoms with Crippen molar-refractivity contribution < 1.29 is 35.5 Å². The van der Waals surface area contributed by atoms with Gasteiger partial charge in [0.05, 0.1) is 22.6 Å². The molecule has 0 heterocycles. The van der Waals surface area contributed by atoms with Crippen LogP contribution in [0, 0.1) is 0 Å². The number of anilines is 1. The highest BCUT2D eigenvalue weighted by Crippen LogP contribution is 2.37. The van der Waals surface area contributed by atoms with Crippen LogP contribution in [0.1, 0.15) is 10.4 Å². The number of carbonyl (C=O) groups is 1. The highest BCUT2D eigenvalue weighted by Gasteiger charge is 2.21. The molecule has 11 heteroatoms. The van der Waals surface area contributed by atoms with E-state index in [9.17, 15) is 30.7 Å². The molecule has 3 rings (SSSR count). The van der Waals surface area contributed by atoms with Gasteiger partial charge in [-0.05, 0) is 35.7 Å². The monoisotopic (exact) mass is 437 g/mol. The van der Waals surface area contributed by atoms with Gasteiger partial charge < -0.3 is 10.1 Å². The Morgan fingerprint density at radius 3 is 1.97 bits per heavy atom. The Morgan fingerprint density at radius 1 is 0.897 bits per heavy atom. The van der Waals surface area contributed by atoms with Crippen LogP contribution in [0.3, 0.4) is 0 Å². The van der Waals surface area contributed by atoms with Gasteiger partial charge in [0.25, 0.3) is 26.1 Å². The number of hydrogen-bond acceptors (Lipinski definition) is 6. The minimum absolute atomic E-state index is 0.00420. The molecule has 152 valence electrons. The van der Waals surface area contributed by atoms with Gasteiger partial charge in [0.1, 0.15) is 5.75 Å². The molecular formula is C18H15NO8S2. The summed E-state index contributed by atoms with van der Waals surface area (Å²) in [6.45, 7) is 0. The average Bonchev–Trinajstić information content (AvgIpc) is 2.66. The molecule has 0 spiro atoms. The Morgan fingerprint density at radius 2 is 1.45 bits per heavy atom. The van der Waals surface area contributed by atoms with Crippen molar-refractivity contribution in [1.29, 1.82) is 0 Å². The maximum atomic E-state index is 12.5. The Balaban J connectivity index is 2.30. The van der Waals surface area contributed by atoms with E-state index in [0.29, 0.717) is 0 Å². The molecule has 1 amide bonds. The largest absolute Gasteiger partial charge is 0.496 e. The van der Waals surface area contributed by atoms with Crippen LogP contribution in [0.5, 0.6) is 5.75 Å². The van der Waals surface area contributed by atoms with Crippen molar-refractivity contribution in [2.75, 3.05) is 12.4 Å². The second-order valence-corrected chi connectivity index (χ2v) is 8.81. The lowest BCUT2D eigenvalue weighted by Gasteiger charge is -2.15. The first kappa shape index (κ1) is 20.7. The lowest BCUT2D eigenvalue weighted by atomic mass is 10.1. The molecule has 0 aliphatic carbocycles. The Bertz CT molecular complexity index is 1310. The topological polar surface area (TPSA) is 147 Å². The second kappa shape index (κ2) is 7.44. The van der Waals surface area contributed by atoms with Crippen molar-refractivity contribution in [3.8, 4) is 5.75 Å². The van der Waals surface area contributed by atoms with E-state index >= 15 is 0 Å². The van der Waals surface area contributed by atoms with Crippen LogP contribution in [0.25, 0.3) is 10.8 Å². The smallest absolute Gasteiger partial charge is 0.294 e. The lowest BCUT2D eigenvalue weighted by Crippen LogP contribution is -2.13. The Hall–Kier alpha value is -2.99. The van der Waals surface area contributed by atoms with E-state index in [0.717, 1.165) is 24.3 Å². The van der Waals surface area contributed by atoms with Gasteiger partial charge in [0.15, 0.2) is 0 Å². The molecule has 0 fully saturated rings. The van der Waals surface area contributed by atoms with Crippen molar-refractivity contribution in [3.05, 3.63) is 60.2 Å². The fourth-order valence-corrected chi connectivity index (χ4v) is 3.84. The summed E-state index contributed by atoms with van der Waals surface area (Å²) in [6.07, 6.45) is 0. The maximum Gasteiger partial charge on any atom is 0.294 e. The molecule has 0 saturated heterocycles. The standard InChI is InChI=1S/C18H15NO8S2/c1-27-16-10-14(29(24,25)26)8-12-7-13(28(21,22)23)9-15(17(12)16)19-18(20)11-5-3-2-4-6-11/h2-10H,1H3,(H,19,20)(H,21,22,23)(H,24,25,26). The number of hydrogen-bond donors (Lipinski definition) is 3. The third-order valence-electron chi connectivity index (χ3n) is 4.06. The number of methoxy groups -OCH3 is 1. The van der Waals surface area contributed by atoms with Crippen LogP contribution in [-0.2, 0) is 20.2 Å². The summed E-state index contributed by atoms with van der Waals surface area (Å²) < 4.78 is 70.4. The first-order valence-corrected chi connectivity index (χ1v) is 10.9. The molecule has 3 aromatic rings. The summed E-state index contributed by atoms with van der Waals surface area (Å²) >= 11 is 0. The third-order valence-corrected chi connectivity index (χ3v) is 5.72. The predicted octanol–water partition coefficient (Wildman–Crippen LogP) is 2.59. The second-order valence-electron chi connectivity index (χ2n) is 5.96. The van der Waals surface area contributed by atoms with Crippen LogP contribution in [-0.4, -0.2) is 39.0 Å². The zero-order chi connectivity index (χ0) is 21.4. The van der Waals surface area contributed by atoms with Crippen molar-refractivity contribution in [3.63, 3.8) is 0 Å². The summed E-state index contributed by atoms with van der Waals surface area (Å²) in [5, 5.41) is 2.71. The third kappa shape index (κ3) is 4.38. The Kier molecular flexibility index (Phi) is 5.32. The van der Waals surface area contributed by atoms with E-state index in [-0.39, 0.29) is 27.8 Å². The number of ether oxygens (including phenoxy) is 1. The van der Waals surface area contributed by atoms with Crippen LogP contribution in [0.4, 0.5) is 5.69 Å². The number of carbonyl (C=O) groups excluding carboxylic acids is 1. The summed E-state index contributed by atoms with van der Waals surface area (Å²) in [4.78, 5) is 11.4. The van der Waals surface area contributed by atoms with E-state index in [1.54, 1.807) is 18.2 Å². The summed E-state index contributed by atoms with van der Waals surface area (Å²) in [5.74, 6) is -0.610. The van der Waals surface area contributed by atoms with Crippen molar-refractivity contribution in [1.82, 2.24) is 0 Å². The van der Waals surface area contributed by atoms with Gasteiger partial charge in [0, 0.05) is 17.0 Å². The molecule has 0 aliphatic heterocycles. The SMILES string of the molecule is COc1cc(S(=O)(=O)O)cc2cc(S(=O)(=O)O)cc(NC(=O)c3ccccc3)c12. The molecule has 0 saturated carbocycles. The molecule has 0 aromatic heterocycles. The van der Waals surface area contributed by atoms with Crippen molar-refractivity contribution >= 4 is 42.6 Å². The number of rotatable bonds is 5. The van der Waals surface area contributed by atoms with Gasteiger partial charge in [-0.3, -0.25) is 13.9 Å². The highest BCUT2D eigenvalue weighted by molar-refractivity contribution is 7.86. The molecule has 3 aromatic carbocycles. The number of fused-ring (bicyclic) bond motifs is 1. The molecule has 9 nitrogen and oxygen atoms in total. The minimum atomic E-state index is -4.69. The fraction of sp³-hybridized carbons (Fsp3) is 0.0556. The van der Waals surface area contributed by atoms with Crippen LogP contribution < -0.4 is 10.1 Å². The summed E-state index contributed by atoms with van der Waals surface area (Å²) in [5.41, 5.74) is 0.245. The molecule has 0 unspecified atom stereocenters. The van der Waals surface area contributed by atoms with Crippen molar-refractivity contribution in [2.45, 2.75) is 9.79 Å². The number of amides is 1. The minimum Gasteiger partial charge on any atom is -0.496 e. The van der Waals surface area contributed by atoms with E-state index < -0.39 is 35.9 Å². The van der Waals surface area contributed by atoms with E-state index in [4.69, 9.17) is 4.74 Å². The molecule has 0 radical (unpaired) electrons. The molecule has 0 atom stereocenters. The Labute approximate surface area is 166 Å². The van der Waals surface area contributed by atoms with Crippen LogP contribution in [0.15, 0.2) is 64.4 Å². The molecule has 3 N–H and O–H groups in total. The van der Waals surface area contributed by atoms with Gasteiger partial charge in [0.2, 0.25) is 0 Å². The van der Waals surface area contributed by atoms with Crippen LogP contribution in [0.2, 0.25) is 0 Å². The normalized spacial score (nSPS) is 12.0. The first-order chi connectivity index (χ1) is 13.5. The van der Waals surface area contributed by atoms with E-state index in [1.165, 1.54) is 19.2 Å². The molecular weight excluding hydrogens is 422 g/mol. The van der Waals surface area contributed by atoms with Gasteiger partial charge in [-0.25, -0.2) is 0 Å². The lowest BCUT2D eigenvalue weighted by molar-refractivity contribution is 0.102. The van der Waals surface area contributed by atoms with E-state index in [1.807, 2.05) is 0 Å². The zero-order valence-electron chi connectivity index (χ0n) is 14.9. The van der Waals surface area contributed by atoms with Crippen molar-refractivity contribution in [2.24, 2.45) is 0 Å². The quantitative estimate of drug-likeness (QED) is 0.516. The zero-order valence-corrected chi connectivity index (χ0v) is 16.5. The number of benzene rings is 3. The molecule has 0 bridgehead atoms. The van der Waals surface area contributed by atoms with Crippen LogP contribution >= 0.6 is 0 Å². The van der Waals surface area contributed by atoms with E-state index in [2.05, 4.69) is 5.32 Å². The summed E-state index contributed by atoms with van der Waals surface area (Å²) in [6, 6.07) is 12.1. The number of nitrogens with one attached hydrogen (secondary N) is 1. The molecule has 29 heavy (non-hydrogen) atoms. The predicted molar refractivity (Wildman–Crippen MR) is 105 cm³/mol.